The van der Waals surface area contributed by atoms with Crippen LogP contribution in [0.5, 0.6) is 5.75 Å². The fourth-order valence-electron chi connectivity index (χ4n) is 2.25. The van der Waals surface area contributed by atoms with Crippen LogP contribution in [0.15, 0.2) is 29.4 Å². The standard InChI is InChI=1S/C15H17N3OS/c1-19-12-8-6-11(7-9-12)10-16-18-15-17-13-4-2-3-5-14(13)20-15/h6-10H,2-5H2,1H3,(H,17,18)/b16-10+. The van der Waals surface area contributed by atoms with Gasteiger partial charge >= 0.3 is 0 Å². The predicted molar refractivity (Wildman–Crippen MR) is 83.0 cm³/mol. The monoisotopic (exact) mass is 287 g/mol. The average molecular weight is 287 g/mol. The number of hydrogen-bond acceptors (Lipinski definition) is 5. The lowest BCUT2D eigenvalue weighted by Gasteiger charge is -2.06. The SMILES string of the molecule is COc1ccc(/C=N/Nc2nc3c(s2)CCCC3)cc1. The maximum atomic E-state index is 5.12. The second kappa shape index (κ2) is 6.05. The zero-order valence-corrected chi connectivity index (χ0v) is 12.2. The van der Waals surface area contributed by atoms with E-state index in [2.05, 4.69) is 15.5 Å². The van der Waals surface area contributed by atoms with Crippen molar-refractivity contribution in [2.45, 2.75) is 25.7 Å². The topological polar surface area (TPSA) is 46.5 Å². The number of ether oxygens (including phenoxy) is 1. The molecule has 4 nitrogen and oxygen atoms in total. The molecule has 20 heavy (non-hydrogen) atoms. The zero-order chi connectivity index (χ0) is 13.8. The third kappa shape index (κ3) is 2.99. The summed E-state index contributed by atoms with van der Waals surface area (Å²) in [4.78, 5) is 6.00. The molecule has 104 valence electrons. The molecule has 0 radical (unpaired) electrons. The number of aryl methyl sites for hydroxylation is 2. The smallest absolute Gasteiger partial charge is 0.203 e. The van der Waals surface area contributed by atoms with E-state index in [-0.39, 0.29) is 0 Å². The Balaban J connectivity index is 1.63. The van der Waals surface area contributed by atoms with Gasteiger partial charge in [0.1, 0.15) is 5.75 Å². The highest BCUT2D eigenvalue weighted by molar-refractivity contribution is 7.15. The van der Waals surface area contributed by atoms with Crippen molar-refractivity contribution in [3.63, 3.8) is 0 Å². The fraction of sp³-hybridized carbons (Fsp3) is 0.333. The Morgan fingerprint density at radius 2 is 2.05 bits per heavy atom. The van der Waals surface area contributed by atoms with Crippen molar-refractivity contribution in [1.29, 1.82) is 0 Å². The minimum Gasteiger partial charge on any atom is -0.497 e. The molecule has 0 spiro atoms. The minimum absolute atomic E-state index is 0.850. The number of rotatable bonds is 4. The van der Waals surface area contributed by atoms with E-state index in [1.54, 1.807) is 24.7 Å². The summed E-state index contributed by atoms with van der Waals surface area (Å²) in [5.74, 6) is 0.850. The van der Waals surface area contributed by atoms with E-state index in [1.807, 2.05) is 24.3 Å². The Bertz CT molecular complexity index is 581. The Hall–Kier alpha value is -1.88. The number of benzene rings is 1. The van der Waals surface area contributed by atoms with Crippen LogP contribution in [0.4, 0.5) is 5.13 Å². The second-order valence-electron chi connectivity index (χ2n) is 4.74. The van der Waals surface area contributed by atoms with Crippen molar-refractivity contribution in [3.05, 3.63) is 40.4 Å². The van der Waals surface area contributed by atoms with Crippen LogP contribution in [0.2, 0.25) is 0 Å². The molecular weight excluding hydrogens is 270 g/mol. The molecule has 0 saturated carbocycles. The van der Waals surface area contributed by atoms with Crippen molar-refractivity contribution in [1.82, 2.24) is 4.98 Å². The van der Waals surface area contributed by atoms with Gasteiger partial charge in [0.05, 0.1) is 19.0 Å². The van der Waals surface area contributed by atoms with Crippen LogP contribution < -0.4 is 10.2 Å². The first-order valence-electron chi connectivity index (χ1n) is 6.77. The first-order chi connectivity index (χ1) is 9.85. The lowest BCUT2D eigenvalue weighted by Crippen LogP contribution is -1.99. The molecule has 0 amide bonds. The van der Waals surface area contributed by atoms with Gasteiger partial charge in [0.15, 0.2) is 0 Å². The van der Waals surface area contributed by atoms with E-state index >= 15 is 0 Å². The molecule has 1 aliphatic rings. The Morgan fingerprint density at radius 3 is 2.80 bits per heavy atom. The van der Waals surface area contributed by atoms with Gasteiger partial charge in [-0.05, 0) is 55.5 Å². The molecule has 1 N–H and O–H groups in total. The van der Waals surface area contributed by atoms with Crippen LogP contribution in [0.3, 0.4) is 0 Å². The molecule has 0 atom stereocenters. The number of fused-ring (bicyclic) bond motifs is 1. The van der Waals surface area contributed by atoms with Gasteiger partial charge < -0.3 is 4.74 Å². The number of aromatic nitrogens is 1. The third-order valence-corrected chi connectivity index (χ3v) is 4.40. The van der Waals surface area contributed by atoms with Gasteiger partial charge in [-0.25, -0.2) is 4.98 Å². The van der Waals surface area contributed by atoms with Crippen LogP contribution in [-0.4, -0.2) is 18.3 Å². The largest absolute Gasteiger partial charge is 0.497 e. The minimum atomic E-state index is 0.850. The molecule has 0 fully saturated rings. The fourth-order valence-corrected chi connectivity index (χ4v) is 3.25. The van der Waals surface area contributed by atoms with Crippen molar-refractivity contribution >= 4 is 22.7 Å². The molecule has 0 saturated heterocycles. The van der Waals surface area contributed by atoms with E-state index in [4.69, 9.17) is 4.74 Å². The number of nitrogens with one attached hydrogen (secondary N) is 1. The van der Waals surface area contributed by atoms with Gasteiger partial charge in [0.25, 0.3) is 0 Å². The number of nitrogens with zero attached hydrogens (tertiary/aromatic N) is 2. The summed E-state index contributed by atoms with van der Waals surface area (Å²) in [6.07, 6.45) is 6.60. The molecule has 1 aliphatic carbocycles. The molecule has 2 aromatic rings. The number of hydrogen-bond donors (Lipinski definition) is 1. The van der Waals surface area contributed by atoms with Crippen molar-refractivity contribution in [3.8, 4) is 5.75 Å². The highest BCUT2D eigenvalue weighted by Gasteiger charge is 2.14. The van der Waals surface area contributed by atoms with Crippen LogP contribution in [-0.2, 0) is 12.8 Å². The lowest BCUT2D eigenvalue weighted by molar-refractivity contribution is 0.415. The normalized spacial score (nSPS) is 14.2. The first kappa shape index (κ1) is 13.1. The molecule has 0 bridgehead atoms. The van der Waals surface area contributed by atoms with E-state index < -0.39 is 0 Å². The Kier molecular flexibility index (Phi) is 3.97. The molecular formula is C15H17N3OS. The van der Waals surface area contributed by atoms with Crippen molar-refractivity contribution < 1.29 is 4.74 Å². The summed E-state index contributed by atoms with van der Waals surface area (Å²) in [5, 5.41) is 5.13. The van der Waals surface area contributed by atoms with E-state index in [9.17, 15) is 0 Å². The molecule has 1 aromatic carbocycles. The van der Waals surface area contributed by atoms with E-state index in [1.165, 1.54) is 23.4 Å². The van der Waals surface area contributed by atoms with Gasteiger partial charge in [0.2, 0.25) is 5.13 Å². The average Bonchev–Trinajstić information content (AvgIpc) is 2.90. The van der Waals surface area contributed by atoms with Crippen LogP contribution in [0.1, 0.15) is 29.0 Å². The van der Waals surface area contributed by atoms with Gasteiger partial charge in [-0.3, -0.25) is 5.43 Å². The number of thiazole rings is 1. The van der Waals surface area contributed by atoms with Crippen molar-refractivity contribution in [2.75, 3.05) is 12.5 Å². The Morgan fingerprint density at radius 1 is 1.25 bits per heavy atom. The molecule has 1 heterocycles. The first-order valence-corrected chi connectivity index (χ1v) is 7.58. The summed E-state index contributed by atoms with van der Waals surface area (Å²) >= 11 is 1.72. The maximum absolute atomic E-state index is 5.12. The highest BCUT2D eigenvalue weighted by Crippen LogP contribution is 2.29. The third-order valence-electron chi connectivity index (χ3n) is 3.34. The van der Waals surface area contributed by atoms with Crippen molar-refractivity contribution in [2.24, 2.45) is 5.10 Å². The lowest BCUT2D eigenvalue weighted by atomic mass is 10.0. The number of anilines is 1. The summed E-state index contributed by atoms with van der Waals surface area (Å²) in [6, 6.07) is 7.78. The predicted octanol–water partition coefficient (Wildman–Crippen LogP) is 3.48. The van der Waals surface area contributed by atoms with Crippen LogP contribution >= 0.6 is 11.3 Å². The number of hydrazone groups is 1. The molecule has 0 unspecified atom stereocenters. The summed E-state index contributed by atoms with van der Waals surface area (Å²) in [6.45, 7) is 0. The molecule has 1 aromatic heterocycles. The van der Waals surface area contributed by atoms with Crippen LogP contribution in [0, 0.1) is 0 Å². The van der Waals surface area contributed by atoms with Gasteiger partial charge in [0, 0.05) is 4.88 Å². The van der Waals surface area contributed by atoms with Gasteiger partial charge in [-0.1, -0.05) is 0 Å². The summed E-state index contributed by atoms with van der Waals surface area (Å²) in [7, 11) is 1.66. The summed E-state index contributed by atoms with van der Waals surface area (Å²) in [5.41, 5.74) is 5.31. The zero-order valence-electron chi connectivity index (χ0n) is 11.4. The maximum Gasteiger partial charge on any atom is 0.203 e. The van der Waals surface area contributed by atoms with E-state index in [0.717, 1.165) is 29.3 Å². The number of methoxy groups -OCH3 is 1. The quantitative estimate of drug-likeness (QED) is 0.692. The highest BCUT2D eigenvalue weighted by atomic mass is 32.1. The Labute approximate surface area is 122 Å². The van der Waals surface area contributed by atoms with Gasteiger partial charge in [-0.15, -0.1) is 11.3 Å². The summed E-state index contributed by atoms with van der Waals surface area (Å²) < 4.78 is 5.12. The second-order valence-corrected chi connectivity index (χ2v) is 5.82. The van der Waals surface area contributed by atoms with Gasteiger partial charge in [-0.2, -0.15) is 5.10 Å². The molecule has 3 rings (SSSR count). The molecule has 5 heteroatoms. The van der Waals surface area contributed by atoms with Crippen LogP contribution in [0.25, 0.3) is 0 Å². The molecule has 0 aliphatic heterocycles. The van der Waals surface area contributed by atoms with E-state index in [0.29, 0.717) is 0 Å².